The molecular weight excluding hydrogens is 264 g/mol. The normalized spacial score (nSPS) is 14.2. The molecule has 0 radical (unpaired) electrons. The number of ether oxygens (including phenoxy) is 1. The van der Waals surface area contributed by atoms with Crippen molar-refractivity contribution in [3.63, 3.8) is 0 Å². The van der Waals surface area contributed by atoms with Gasteiger partial charge in [0.25, 0.3) is 0 Å². The monoisotopic (exact) mass is 282 g/mol. The zero-order valence-corrected chi connectivity index (χ0v) is 12.7. The zero-order chi connectivity index (χ0) is 15.3. The van der Waals surface area contributed by atoms with E-state index in [2.05, 4.69) is 19.9 Å². The summed E-state index contributed by atoms with van der Waals surface area (Å²) in [7, 11) is 0. The Morgan fingerprint density at radius 1 is 0.905 bits per heavy atom. The summed E-state index contributed by atoms with van der Waals surface area (Å²) in [5.41, 5.74) is 3.06. The van der Waals surface area contributed by atoms with Crippen molar-refractivity contribution in [2.24, 2.45) is 0 Å². The number of cyclic esters (lactones) is 2. The maximum absolute atomic E-state index is 12.2. The van der Waals surface area contributed by atoms with Crippen molar-refractivity contribution in [3.05, 3.63) is 46.5 Å². The molecule has 2 aromatic rings. The van der Waals surface area contributed by atoms with Gasteiger partial charge in [-0.1, -0.05) is 45.9 Å². The molecule has 0 aromatic heterocycles. The maximum atomic E-state index is 12.2. The van der Waals surface area contributed by atoms with Gasteiger partial charge in [-0.05, 0) is 34.4 Å². The van der Waals surface area contributed by atoms with Crippen LogP contribution in [-0.2, 0) is 4.74 Å². The number of benzene rings is 2. The minimum absolute atomic E-state index is 0.197. The summed E-state index contributed by atoms with van der Waals surface area (Å²) in [4.78, 5) is 24.3. The van der Waals surface area contributed by atoms with E-state index in [0.717, 1.165) is 21.9 Å². The summed E-state index contributed by atoms with van der Waals surface area (Å²) in [5, 5.41) is 1.67. The molecule has 0 fully saturated rings. The molecule has 1 aliphatic heterocycles. The molecule has 21 heavy (non-hydrogen) atoms. The van der Waals surface area contributed by atoms with Crippen LogP contribution in [0.1, 0.15) is 71.4 Å². The molecule has 0 atom stereocenters. The van der Waals surface area contributed by atoms with Crippen molar-refractivity contribution in [2.75, 3.05) is 0 Å². The van der Waals surface area contributed by atoms with Crippen LogP contribution < -0.4 is 0 Å². The third kappa shape index (κ3) is 2.04. The second-order valence-electron chi connectivity index (χ2n) is 6.18. The van der Waals surface area contributed by atoms with E-state index in [4.69, 9.17) is 4.74 Å². The largest absolute Gasteiger partial charge is 0.386 e. The van der Waals surface area contributed by atoms with Crippen LogP contribution in [0.4, 0.5) is 0 Å². The molecule has 1 heterocycles. The van der Waals surface area contributed by atoms with Crippen molar-refractivity contribution in [1.29, 1.82) is 0 Å². The molecule has 0 N–H and O–H groups in total. The number of rotatable bonds is 2. The highest BCUT2D eigenvalue weighted by atomic mass is 16.6. The van der Waals surface area contributed by atoms with Gasteiger partial charge in [-0.2, -0.15) is 0 Å². The van der Waals surface area contributed by atoms with Gasteiger partial charge in [0.15, 0.2) is 0 Å². The van der Waals surface area contributed by atoms with Crippen molar-refractivity contribution >= 4 is 22.7 Å². The number of hydrogen-bond acceptors (Lipinski definition) is 3. The quantitative estimate of drug-likeness (QED) is 0.605. The molecule has 3 rings (SSSR count). The molecule has 1 aliphatic rings. The summed E-state index contributed by atoms with van der Waals surface area (Å²) >= 11 is 0. The predicted molar refractivity (Wildman–Crippen MR) is 81.9 cm³/mol. The summed E-state index contributed by atoms with van der Waals surface area (Å²) in [5.74, 6) is -0.563. The Labute approximate surface area is 123 Å². The Kier molecular flexibility index (Phi) is 3.08. The van der Waals surface area contributed by atoms with Gasteiger partial charge in [0, 0.05) is 5.39 Å². The van der Waals surface area contributed by atoms with Crippen LogP contribution in [0.25, 0.3) is 10.8 Å². The minimum atomic E-state index is -0.541. The fraction of sp³-hybridized carbons (Fsp3) is 0.333. The first-order valence-corrected chi connectivity index (χ1v) is 7.27. The van der Waals surface area contributed by atoms with Crippen LogP contribution in [0.5, 0.6) is 0 Å². The molecule has 0 spiro atoms. The molecule has 0 unspecified atom stereocenters. The topological polar surface area (TPSA) is 43.4 Å². The van der Waals surface area contributed by atoms with E-state index < -0.39 is 11.9 Å². The molecule has 0 aliphatic carbocycles. The summed E-state index contributed by atoms with van der Waals surface area (Å²) < 4.78 is 4.95. The van der Waals surface area contributed by atoms with Crippen LogP contribution in [0.2, 0.25) is 0 Å². The molecule has 0 amide bonds. The standard InChI is InChI=1S/C18H18O3/c1-9(2)12-7-11-5-6-13(10(3)4)16-15(11)14(8-12)17(19)21-18(16)20/h5-10H,1-4H3. The van der Waals surface area contributed by atoms with Gasteiger partial charge in [0.2, 0.25) is 0 Å². The fourth-order valence-electron chi connectivity index (χ4n) is 2.89. The Morgan fingerprint density at radius 3 is 2.24 bits per heavy atom. The van der Waals surface area contributed by atoms with Crippen LogP contribution in [0.3, 0.4) is 0 Å². The highest BCUT2D eigenvalue weighted by Gasteiger charge is 2.30. The van der Waals surface area contributed by atoms with Gasteiger partial charge >= 0.3 is 11.9 Å². The Bertz CT molecular complexity index is 770. The molecule has 3 heteroatoms. The van der Waals surface area contributed by atoms with E-state index >= 15 is 0 Å². The van der Waals surface area contributed by atoms with E-state index in [9.17, 15) is 9.59 Å². The molecule has 2 aromatic carbocycles. The number of carbonyl (C=O) groups excluding carboxylic acids is 2. The van der Waals surface area contributed by atoms with Gasteiger partial charge in [0.1, 0.15) is 0 Å². The van der Waals surface area contributed by atoms with Crippen LogP contribution in [-0.4, -0.2) is 11.9 Å². The predicted octanol–water partition coefficient (Wildman–Crippen LogP) is 4.40. The van der Waals surface area contributed by atoms with Crippen molar-refractivity contribution in [2.45, 2.75) is 39.5 Å². The van der Waals surface area contributed by atoms with E-state index in [-0.39, 0.29) is 5.92 Å². The van der Waals surface area contributed by atoms with Crippen LogP contribution in [0, 0.1) is 0 Å². The first-order chi connectivity index (χ1) is 9.90. The third-order valence-electron chi connectivity index (χ3n) is 4.07. The molecular formula is C18H18O3. The van der Waals surface area contributed by atoms with E-state index in [1.165, 1.54) is 0 Å². The SMILES string of the molecule is CC(C)c1cc2c3c(c(C(C)C)ccc3c1)C(=O)OC2=O. The van der Waals surface area contributed by atoms with Gasteiger partial charge in [0.05, 0.1) is 11.1 Å². The lowest BCUT2D eigenvalue weighted by atomic mass is 9.86. The third-order valence-corrected chi connectivity index (χ3v) is 4.07. The Hall–Kier alpha value is -2.16. The molecule has 3 nitrogen and oxygen atoms in total. The maximum Gasteiger partial charge on any atom is 0.346 e. The number of esters is 2. The molecule has 108 valence electrons. The van der Waals surface area contributed by atoms with Crippen molar-refractivity contribution in [3.8, 4) is 0 Å². The molecule has 0 saturated heterocycles. The average molecular weight is 282 g/mol. The lowest BCUT2D eigenvalue weighted by Gasteiger charge is -2.21. The highest BCUT2D eigenvalue weighted by Crippen LogP contribution is 2.36. The molecule has 0 saturated carbocycles. The lowest BCUT2D eigenvalue weighted by molar-refractivity contribution is 0.0390. The summed E-state index contributed by atoms with van der Waals surface area (Å²) in [6, 6.07) is 7.88. The summed E-state index contributed by atoms with van der Waals surface area (Å²) in [6.07, 6.45) is 0. The van der Waals surface area contributed by atoms with E-state index in [1.807, 2.05) is 32.0 Å². The van der Waals surface area contributed by atoms with E-state index in [0.29, 0.717) is 17.0 Å². The second-order valence-corrected chi connectivity index (χ2v) is 6.18. The zero-order valence-electron chi connectivity index (χ0n) is 12.7. The smallest absolute Gasteiger partial charge is 0.346 e. The van der Waals surface area contributed by atoms with Crippen molar-refractivity contribution in [1.82, 2.24) is 0 Å². The van der Waals surface area contributed by atoms with Gasteiger partial charge in [-0.3, -0.25) is 0 Å². The summed E-state index contributed by atoms with van der Waals surface area (Å²) in [6.45, 7) is 8.22. The van der Waals surface area contributed by atoms with Crippen molar-refractivity contribution < 1.29 is 14.3 Å². The van der Waals surface area contributed by atoms with Gasteiger partial charge in [-0.25, -0.2) is 9.59 Å². The first-order valence-electron chi connectivity index (χ1n) is 7.27. The Morgan fingerprint density at radius 2 is 1.62 bits per heavy atom. The minimum Gasteiger partial charge on any atom is -0.386 e. The van der Waals surface area contributed by atoms with Crippen LogP contribution in [0.15, 0.2) is 24.3 Å². The van der Waals surface area contributed by atoms with Gasteiger partial charge < -0.3 is 4.74 Å². The highest BCUT2D eigenvalue weighted by molar-refractivity contribution is 6.21. The first kappa shape index (κ1) is 13.8. The number of hydrogen-bond donors (Lipinski definition) is 0. The number of carbonyl (C=O) groups is 2. The van der Waals surface area contributed by atoms with Gasteiger partial charge in [-0.15, -0.1) is 0 Å². The van der Waals surface area contributed by atoms with Crippen LogP contribution >= 0.6 is 0 Å². The lowest BCUT2D eigenvalue weighted by Crippen LogP contribution is -2.22. The molecule has 0 bridgehead atoms. The average Bonchev–Trinajstić information content (AvgIpc) is 2.43. The fourth-order valence-corrected chi connectivity index (χ4v) is 2.89. The second kappa shape index (κ2) is 4.69. The Balaban J connectivity index is 2.45. The van der Waals surface area contributed by atoms with E-state index in [1.54, 1.807) is 0 Å².